The highest BCUT2D eigenvalue weighted by Gasteiger charge is 2.48. The second-order valence-corrected chi connectivity index (χ2v) is 10.5. The number of ether oxygens (including phenoxy) is 1. The quantitative estimate of drug-likeness (QED) is 0.650. The molecule has 1 aromatic carbocycles. The van der Waals surface area contributed by atoms with Gasteiger partial charge in [0.2, 0.25) is 11.8 Å². The van der Waals surface area contributed by atoms with Crippen molar-refractivity contribution in [2.45, 2.75) is 31.7 Å². The predicted octanol–water partition coefficient (Wildman–Crippen LogP) is 1.17. The van der Waals surface area contributed by atoms with Crippen molar-refractivity contribution in [2.24, 2.45) is 5.41 Å². The molecule has 1 unspecified atom stereocenters. The molecule has 1 atom stereocenters. The zero-order valence-corrected chi connectivity index (χ0v) is 20.6. The van der Waals surface area contributed by atoms with Crippen LogP contribution in [-0.2, 0) is 14.3 Å². The summed E-state index contributed by atoms with van der Waals surface area (Å²) in [5.74, 6) is 0.162. The molecule has 0 saturated carbocycles. The maximum absolute atomic E-state index is 13.2. The van der Waals surface area contributed by atoms with Gasteiger partial charge in [-0.1, -0.05) is 0 Å². The van der Waals surface area contributed by atoms with E-state index in [2.05, 4.69) is 20.0 Å². The topological polar surface area (TPSA) is 68.4 Å². The molecule has 35 heavy (non-hydrogen) atoms. The van der Waals surface area contributed by atoms with Crippen molar-refractivity contribution in [3.63, 3.8) is 0 Å². The van der Waals surface area contributed by atoms with Gasteiger partial charge in [0.1, 0.15) is 5.82 Å². The molecule has 0 aliphatic carbocycles. The number of carbonyl (C=O) groups excluding carboxylic acids is 2. The van der Waals surface area contributed by atoms with Crippen LogP contribution in [0.5, 0.6) is 0 Å². The Morgan fingerprint density at radius 3 is 2.34 bits per heavy atom. The lowest BCUT2D eigenvalue weighted by atomic mass is 9.75. The first-order valence-electron chi connectivity index (χ1n) is 13.1. The number of morpholine rings is 1. The van der Waals surface area contributed by atoms with Gasteiger partial charge < -0.3 is 19.9 Å². The van der Waals surface area contributed by atoms with Gasteiger partial charge in [-0.25, -0.2) is 4.39 Å². The largest absolute Gasteiger partial charge is 0.379 e. The van der Waals surface area contributed by atoms with E-state index in [-0.39, 0.29) is 29.1 Å². The van der Waals surface area contributed by atoms with Crippen LogP contribution in [-0.4, -0.2) is 111 Å². The highest BCUT2D eigenvalue weighted by molar-refractivity contribution is 5.86. The van der Waals surface area contributed by atoms with Crippen LogP contribution in [0.3, 0.4) is 0 Å². The minimum absolute atomic E-state index is 0.177. The average Bonchev–Trinajstić information content (AvgIpc) is 3.19. The summed E-state index contributed by atoms with van der Waals surface area (Å²) in [6, 6.07) is 6.95. The highest BCUT2D eigenvalue weighted by Crippen LogP contribution is 2.41. The van der Waals surface area contributed by atoms with Gasteiger partial charge in [-0.05, 0) is 49.9 Å². The van der Waals surface area contributed by atoms with E-state index in [1.807, 2.05) is 17.0 Å². The normalized spacial score (nSPS) is 25.7. The van der Waals surface area contributed by atoms with Crippen LogP contribution >= 0.6 is 0 Å². The summed E-state index contributed by atoms with van der Waals surface area (Å²) >= 11 is 0. The first-order valence-corrected chi connectivity index (χ1v) is 13.1. The molecule has 4 aliphatic rings. The smallest absolute Gasteiger partial charge is 0.236 e. The Hall–Kier alpha value is -2.23. The van der Waals surface area contributed by atoms with E-state index in [1.54, 1.807) is 0 Å². The fourth-order valence-electron chi connectivity index (χ4n) is 6.01. The van der Waals surface area contributed by atoms with Crippen LogP contribution in [0.15, 0.2) is 24.3 Å². The second kappa shape index (κ2) is 10.8. The van der Waals surface area contributed by atoms with Crippen LogP contribution in [0.1, 0.15) is 25.7 Å². The van der Waals surface area contributed by atoms with Gasteiger partial charge in [-0.15, -0.1) is 0 Å². The Labute approximate surface area is 207 Å². The van der Waals surface area contributed by atoms with Gasteiger partial charge in [0, 0.05) is 70.6 Å². The van der Waals surface area contributed by atoms with Crippen molar-refractivity contribution in [1.82, 2.24) is 20.0 Å². The molecular formula is C26H38FN5O3. The molecule has 0 bridgehead atoms. The zero-order valence-electron chi connectivity index (χ0n) is 20.6. The van der Waals surface area contributed by atoms with E-state index in [9.17, 15) is 14.0 Å². The fourth-order valence-corrected chi connectivity index (χ4v) is 6.01. The number of likely N-dealkylation sites (tertiary alicyclic amines) is 1. The third kappa shape index (κ3) is 5.78. The Morgan fingerprint density at radius 1 is 0.971 bits per heavy atom. The van der Waals surface area contributed by atoms with Crippen molar-refractivity contribution in [2.75, 3.05) is 83.6 Å². The summed E-state index contributed by atoms with van der Waals surface area (Å²) in [6.07, 6.45) is 3.37. The van der Waals surface area contributed by atoms with Crippen LogP contribution < -0.4 is 10.2 Å². The molecule has 192 valence electrons. The van der Waals surface area contributed by atoms with E-state index in [0.717, 1.165) is 77.2 Å². The minimum Gasteiger partial charge on any atom is -0.379 e. The molecule has 0 aromatic heterocycles. The number of carbonyl (C=O) groups is 2. The van der Waals surface area contributed by atoms with Crippen LogP contribution in [0, 0.1) is 11.2 Å². The second-order valence-electron chi connectivity index (χ2n) is 10.5. The number of benzene rings is 1. The SMILES string of the molecule is O=C(CN1CCOCC1)N1CCC2(CC1)CC(CCN1CCN(c3ccc(F)cc3)CC1)NC2=O. The molecule has 1 spiro atoms. The fraction of sp³-hybridized carbons (Fsp3) is 0.692. The summed E-state index contributed by atoms with van der Waals surface area (Å²) in [6.45, 7) is 9.62. The zero-order chi connectivity index (χ0) is 24.3. The molecule has 1 aromatic rings. The van der Waals surface area contributed by atoms with Gasteiger partial charge in [0.05, 0.1) is 25.2 Å². The molecular weight excluding hydrogens is 449 g/mol. The summed E-state index contributed by atoms with van der Waals surface area (Å²) < 4.78 is 18.6. The molecule has 8 nitrogen and oxygen atoms in total. The summed E-state index contributed by atoms with van der Waals surface area (Å²) in [5.41, 5.74) is 0.771. The predicted molar refractivity (Wildman–Crippen MR) is 132 cm³/mol. The van der Waals surface area contributed by atoms with E-state index in [0.29, 0.717) is 32.8 Å². The number of hydrogen-bond acceptors (Lipinski definition) is 6. The molecule has 4 saturated heterocycles. The van der Waals surface area contributed by atoms with Gasteiger partial charge >= 0.3 is 0 Å². The molecule has 4 aliphatic heterocycles. The third-order valence-electron chi connectivity index (χ3n) is 8.35. The highest BCUT2D eigenvalue weighted by atomic mass is 19.1. The molecule has 5 rings (SSSR count). The number of halogens is 1. The van der Waals surface area contributed by atoms with E-state index >= 15 is 0 Å². The average molecular weight is 488 g/mol. The summed E-state index contributed by atoms with van der Waals surface area (Å²) in [4.78, 5) is 34.6. The number of nitrogens with zero attached hydrogens (tertiary/aromatic N) is 4. The van der Waals surface area contributed by atoms with Gasteiger partial charge in [0.25, 0.3) is 0 Å². The molecule has 4 heterocycles. The third-order valence-corrected chi connectivity index (χ3v) is 8.35. The Bertz CT molecular complexity index is 875. The standard InChI is InChI=1S/C26H38FN5O3/c27-21-1-3-23(4-2-21)31-13-11-29(12-14-31)8-5-22-19-26(25(34)28-22)6-9-32(10-7-26)24(33)20-30-15-17-35-18-16-30/h1-4,22H,5-20H2,(H,28,34). The maximum Gasteiger partial charge on any atom is 0.236 e. The van der Waals surface area contributed by atoms with Crippen molar-refractivity contribution in [1.29, 1.82) is 0 Å². The lowest BCUT2D eigenvalue weighted by Gasteiger charge is -2.38. The summed E-state index contributed by atoms with van der Waals surface area (Å²) in [5, 5.41) is 3.27. The van der Waals surface area contributed by atoms with Gasteiger partial charge in [-0.3, -0.25) is 19.4 Å². The van der Waals surface area contributed by atoms with Crippen LogP contribution in [0.2, 0.25) is 0 Å². The maximum atomic E-state index is 13.2. The number of hydrogen-bond donors (Lipinski definition) is 1. The van der Waals surface area contributed by atoms with Crippen molar-refractivity contribution in [3.8, 4) is 0 Å². The van der Waals surface area contributed by atoms with Crippen molar-refractivity contribution in [3.05, 3.63) is 30.1 Å². The Morgan fingerprint density at radius 2 is 1.66 bits per heavy atom. The number of amides is 2. The van der Waals surface area contributed by atoms with Crippen LogP contribution in [0.25, 0.3) is 0 Å². The van der Waals surface area contributed by atoms with Crippen molar-refractivity contribution >= 4 is 17.5 Å². The van der Waals surface area contributed by atoms with E-state index in [4.69, 9.17) is 4.74 Å². The van der Waals surface area contributed by atoms with Crippen LogP contribution in [0.4, 0.5) is 10.1 Å². The van der Waals surface area contributed by atoms with E-state index in [1.165, 1.54) is 12.1 Å². The number of piperazine rings is 1. The molecule has 4 fully saturated rings. The summed E-state index contributed by atoms with van der Waals surface area (Å²) in [7, 11) is 0. The van der Waals surface area contributed by atoms with Gasteiger partial charge in [0.15, 0.2) is 0 Å². The minimum atomic E-state index is -0.304. The first kappa shape index (κ1) is 24.5. The monoisotopic (exact) mass is 487 g/mol. The van der Waals surface area contributed by atoms with Gasteiger partial charge in [-0.2, -0.15) is 0 Å². The van der Waals surface area contributed by atoms with E-state index < -0.39 is 0 Å². The lowest BCUT2D eigenvalue weighted by Crippen LogP contribution is -2.50. The molecule has 2 amide bonds. The number of rotatable bonds is 6. The lowest BCUT2D eigenvalue weighted by molar-refractivity contribution is -0.139. The Kier molecular flexibility index (Phi) is 7.55. The number of anilines is 1. The molecule has 1 N–H and O–H groups in total. The number of nitrogens with one attached hydrogen (secondary N) is 1. The van der Waals surface area contributed by atoms with Crippen molar-refractivity contribution < 1.29 is 18.7 Å². The molecule has 0 radical (unpaired) electrons. The first-order chi connectivity index (χ1) is 17.0. The Balaban J connectivity index is 1.04. The number of piperidine rings is 1. The molecule has 9 heteroatoms.